The predicted octanol–water partition coefficient (Wildman–Crippen LogP) is 3.37. The van der Waals surface area contributed by atoms with Crippen molar-refractivity contribution in [1.82, 2.24) is 5.32 Å². The van der Waals surface area contributed by atoms with E-state index in [2.05, 4.69) is 5.32 Å². The Morgan fingerprint density at radius 2 is 0.846 bits per heavy atom. The van der Waals surface area contributed by atoms with Gasteiger partial charge < -0.3 is 50.9 Å². The zero-order chi connectivity index (χ0) is 39.1. The van der Waals surface area contributed by atoms with Crippen LogP contribution in [0.3, 0.4) is 0 Å². The number of likely N-dealkylation sites (N-methyl/N-ethyl adjacent to an activating group) is 1. The number of carboxylic acids is 4. The molecule has 1 fully saturated rings. The number of hydrogen-bond donors (Lipinski definition) is 9. The van der Waals surface area contributed by atoms with Crippen molar-refractivity contribution in [1.29, 1.82) is 0 Å². The number of nitrogens with one attached hydrogen (secondary N) is 1. The summed E-state index contributed by atoms with van der Waals surface area (Å²) in [6, 6.07) is 33.0. The summed E-state index contributed by atoms with van der Waals surface area (Å²) >= 11 is 0. The van der Waals surface area contributed by atoms with Crippen molar-refractivity contribution in [2.45, 2.75) is 49.9 Å². The molecule has 9 N–H and O–H groups in total. The number of carboxylic acid groups (broad SMARTS) is 4. The van der Waals surface area contributed by atoms with Crippen molar-refractivity contribution in [3.63, 3.8) is 0 Å². The molecular weight excluding hydrogens is 678 g/mol. The smallest absolute Gasteiger partial charge is 0.335 e. The van der Waals surface area contributed by atoms with Crippen LogP contribution in [0.5, 0.6) is 0 Å². The molecule has 0 spiro atoms. The summed E-state index contributed by atoms with van der Waals surface area (Å²) in [6.07, 6.45) is -4.49. The lowest BCUT2D eigenvalue weighted by Crippen LogP contribution is -2.63. The molecule has 6 atom stereocenters. The van der Waals surface area contributed by atoms with Crippen LogP contribution < -0.4 is 5.32 Å². The van der Waals surface area contributed by atoms with Gasteiger partial charge in [-0.25, -0.2) is 19.2 Å². The molecule has 0 saturated carbocycles. The largest absolute Gasteiger partial charge is 0.478 e. The fraction of sp³-hybridized carbons (Fsp3) is 0.263. The summed E-state index contributed by atoms with van der Waals surface area (Å²) in [4.78, 5) is 40.8. The Bertz CT molecular complexity index is 1390. The van der Waals surface area contributed by atoms with E-state index in [9.17, 15) is 34.5 Å². The normalized spacial score (nSPS) is 19.1. The summed E-state index contributed by atoms with van der Waals surface area (Å²) < 4.78 is 5.40. The molecule has 0 radical (unpaired) electrons. The van der Waals surface area contributed by atoms with Crippen LogP contribution in [0.25, 0.3) is 0 Å². The number of hydrogen-bond acceptors (Lipinski definition) is 10. The zero-order valence-corrected chi connectivity index (χ0v) is 28.5. The van der Waals surface area contributed by atoms with Gasteiger partial charge in [0.15, 0.2) is 0 Å². The first kappa shape index (κ1) is 44.5. The van der Waals surface area contributed by atoms with E-state index in [-0.39, 0.29) is 12.6 Å². The molecule has 14 nitrogen and oxygen atoms in total. The third kappa shape index (κ3) is 16.0. The van der Waals surface area contributed by atoms with E-state index in [0.717, 1.165) is 0 Å². The highest BCUT2D eigenvalue weighted by atomic mass is 16.5. The van der Waals surface area contributed by atoms with Gasteiger partial charge in [0.05, 0.1) is 28.9 Å². The molecule has 1 heterocycles. The highest BCUT2D eigenvalue weighted by molar-refractivity contribution is 5.88. The van der Waals surface area contributed by atoms with E-state index in [1.54, 1.807) is 128 Å². The van der Waals surface area contributed by atoms with E-state index < -0.39 is 54.4 Å². The lowest BCUT2D eigenvalue weighted by Gasteiger charge is -2.42. The Labute approximate surface area is 300 Å². The first-order chi connectivity index (χ1) is 24.8. The molecule has 14 heteroatoms. The molecule has 4 aromatic carbocycles. The van der Waals surface area contributed by atoms with Gasteiger partial charge in [-0.1, -0.05) is 79.7 Å². The molecule has 0 bridgehead atoms. The molecule has 52 heavy (non-hydrogen) atoms. The highest BCUT2D eigenvalue weighted by Crippen LogP contribution is 2.24. The monoisotopic (exact) mass is 723 g/mol. The van der Waals surface area contributed by atoms with Gasteiger partial charge in [-0.2, -0.15) is 0 Å². The summed E-state index contributed by atoms with van der Waals surface area (Å²) in [7, 11) is 1.73. The van der Waals surface area contributed by atoms with E-state index >= 15 is 0 Å². The van der Waals surface area contributed by atoms with Gasteiger partial charge in [-0.3, -0.25) is 0 Å². The molecule has 0 aromatic heterocycles. The second-order valence-corrected chi connectivity index (χ2v) is 10.8. The van der Waals surface area contributed by atoms with E-state index in [1.165, 1.54) is 0 Å². The van der Waals surface area contributed by atoms with Crippen LogP contribution in [0.15, 0.2) is 121 Å². The molecule has 1 aliphatic heterocycles. The van der Waals surface area contributed by atoms with Crippen LogP contribution in [0, 0.1) is 0 Å². The van der Waals surface area contributed by atoms with Crippen LogP contribution in [0.4, 0.5) is 0 Å². The number of aliphatic hydroxyl groups excluding tert-OH is 4. The summed E-state index contributed by atoms with van der Waals surface area (Å²) in [5, 5.41) is 74.5. The van der Waals surface area contributed by atoms with Crippen molar-refractivity contribution in [2.24, 2.45) is 0 Å². The molecule has 1 saturated heterocycles. The minimum absolute atomic E-state index is 0.133. The quantitative estimate of drug-likeness (QED) is 0.126. The van der Waals surface area contributed by atoms with Gasteiger partial charge in [-0.05, 0) is 62.0 Å². The topological polar surface area (TPSA) is 251 Å². The number of benzene rings is 4. The predicted molar refractivity (Wildman–Crippen MR) is 191 cm³/mol. The number of carbonyl (C=O) groups is 4. The lowest BCUT2D eigenvalue weighted by atomic mass is 9.90. The molecule has 4 aromatic rings. The molecule has 1 unspecified atom stereocenters. The van der Waals surface area contributed by atoms with E-state index in [0.29, 0.717) is 28.7 Å². The molecule has 5 rings (SSSR count). The third-order valence-electron chi connectivity index (χ3n) is 7.22. The zero-order valence-electron chi connectivity index (χ0n) is 28.5. The van der Waals surface area contributed by atoms with Crippen molar-refractivity contribution in [3.05, 3.63) is 144 Å². The number of aliphatic hydroxyl groups is 4. The molecule has 0 amide bonds. The maximum absolute atomic E-state index is 10.2. The van der Waals surface area contributed by atoms with Crippen LogP contribution in [-0.4, -0.2) is 115 Å². The van der Waals surface area contributed by atoms with Crippen LogP contribution in [0.2, 0.25) is 0 Å². The average molecular weight is 724 g/mol. The molecule has 280 valence electrons. The number of aromatic carboxylic acids is 4. The van der Waals surface area contributed by atoms with Gasteiger partial charge in [0.2, 0.25) is 0 Å². The van der Waals surface area contributed by atoms with Crippen LogP contribution >= 0.6 is 0 Å². The Balaban J connectivity index is 0.000000333. The minimum Gasteiger partial charge on any atom is -0.478 e. The van der Waals surface area contributed by atoms with Gasteiger partial charge in [0, 0.05) is 6.04 Å². The van der Waals surface area contributed by atoms with Crippen LogP contribution in [0.1, 0.15) is 54.8 Å². The molecule has 1 aliphatic rings. The number of ether oxygens (including phenoxy) is 1. The molecule has 0 aliphatic carbocycles. The Hall–Kier alpha value is -5.48. The minimum atomic E-state index is -1.29. The second kappa shape index (κ2) is 24.6. The highest BCUT2D eigenvalue weighted by Gasteiger charge is 2.45. The third-order valence-corrected chi connectivity index (χ3v) is 7.22. The van der Waals surface area contributed by atoms with Crippen molar-refractivity contribution in [3.8, 4) is 0 Å². The Kier molecular flexibility index (Phi) is 21.1. The first-order valence-corrected chi connectivity index (χ1v) is 15.9. The number of rotatable bonds is 8. The lowest BCUT2D eigenvalue weighted by molar-refractivity contribution is -0.235. The fourth-order valence-electron chi connectivity index (χ4n) is 4.39. The average Bonchev–Trinajstić information content (AvgIpc) is 3.17. The van der Waals surface area contributed by atoms with Crippen molar-refractivity contribution >= 4 is 23.9 Å². The van der Waals surface area contributed by atoms with Crippen LogP contribution in [-0.2, 0) is 4.74 Å². The van der Waals surface area contributed by atoms with Gasteiger partial charge in [-0.15, -0.1) is 0 Å². The van der Waals surface area contributed by atoms with Crippen molar-refractivity contribution < 1.29 is 64.8 Å². The first-order valence-electron chi connectivity index (χ1n) is 15.9. The summed E-state index contributed by atoms with van der Waals surface area (Å²) in [5.41, 5.74) is 1.32. The van der Waals surface area contributed by atoms with Gasteiger partial charge in [0.25, 0.3) is 0 Å². The maximum atomic E-state index is 10.2. The summed E-state index contributed by atoms with van der Waals surface area (Å²) in [5.74, 6) is -3.52. The Morgan fingerprint density at radius 3 is 1.04 bits per heavy atom. The summed E-state index contributed by atoms with van der Waals surface area (Å²) in [6.45, 7) is 1.53. The SMILES string of the molecule is CCC(NC)[C@@H]1O[C@H](CO)[C@@H](O)[C@H](O)[C@H]1O.O=C(O)c1ccccc1.O=C(O)c1ccccc1.O=C(O)c1ccccc1.O=C(O)c1ccccc1. The molecular formula is C38H45NO13. The second-order valence-electron chi connectivity index (χ2n) is 10.8. The fourth-order valence-corrected chi connectivity index (χ4v) is 4.39. The van der Waals surface area contributed by atoms with Gasteiger partial charge in [0.1, 0.15) is 30.5 Å². The standard InChI is InChI=1S/C10H21NO5.4C7H6O2/c1-3-5(11-2)10-9(15)8(14)7(13)6(4-12)16-10;4*8-7(9)6-4-2-1-3-5-6/h5-15H,3-4H2,1-2H3;4*1-5H,(H,8,9)/t5?,6-,7-,8+,9-,10+;;;;/m1..../s1. The maximum Gasteiger partial charge on any atom is 0.335 e. The Morgan fingerprint density at radius 1 is 0.558 bits per heavy atom. The van der Waals surface area contributed by atoms with E-state index in [1.807, 2.05) is 6.92 Å². The van der Waals surface area contributed by atoms with Gasteiger partial charge >= 0.3 is 23.9 Å². The van der Waals surface area contributed by atoms with E-state index in [4.69, 9.17) is 30.3 Å². The van der Waals surface area contributed by atoms with Crippen molar-refractivity contribution in [2.75, 3.05) is 13.7 Å².